The number of carbonyl (C=O) groups is 2. The first-order valence-electron chi connectivity index (χ1n) is 7.63. The van der Waals surface area contributed by atoms with Gasteiger partial charge in [0.25, 0.3) is 5.91 Å². The van der Waals surface area contributed by atoms with Crippen LogP contribution in [0.2, 0.25) is 5.02 Å². The first-order valence-corrected chi connectivity index (χ1v) is 8.01. The smallest absolute Gasteiger partial charge is 0.255 e. The highest BCUT2D eigenvalue weighted by Gasteiger charge is 2.18. The molecule has 0 atom stereocenters. The molecule has 0 spiro atoms. The SMILES string of the molecule is CNCCN(C)C(=O)c1cc(NC(=O)CC(C)(C)C)ccc1Cl. The summed E-state index contributed by atoms with van der Waals surface area (Å²) in [6.45, 7) is 7.27. The number of benzene rings is 1. The minimum Gasteiger partial charge on any atom is -0.340 e. The van der Waals surface area contributed by atoms with Gasteiger partial charge >= 0.3 is 0 Å². The van der Waals surface area contributed by atoms with E-state index in [0.29, 0.717) is 35.8 Å². The zero-order chi connectivity index (χ0) is 17.6. The Labute approximate surface area is 143 Å². The number of amides is 2. The molecule has 6 heteroatoms. The van der Waals surface area contributed by atoms with E-state index in [-0.39, 0.29) is 17.2 Å². The Bertz CT molecular complexity index is 567. The molecule has 0 radical (unpaired) electrons. The van der Waals surface area contributed by atoms with Crippen LogP contribution in [-0.2, 0) is 4.79 Å². The molecule has 0 unspecified atom stereocenters. The second-order valence-electron chi connectivity index (χ2n) is 6.81. The van der Waals surface area contributed by atoms with Gasteiger partial charge in [0.15, 0.2) is 0 Å². The molecule has 1 rings (SSSR count). The third-order valence-electron chi connectivity index (χ3n) is 3.22. The van der Waals surface area contributed by atoms with Gasteiger partial charge in [-0.15, -0.1) is 0 Å². The minimum absolute atomic E-state index is 0.0817. The van der Waals surface area contributed by atoms with Crippen molar-refractivity contribution in [3.63, 3.8) is 0 Å². The van der Waals surface area contributed by atoms with E-state index >= 15 is 0 Å². The zero-order valence-corrected chi connectivity index (χ0v) is 15.3. The molecule has 0 fully saturated rings. The fourth-order valence-corrected chi connectivity index (χ4v) is 2.24. The van der Waals surface area contributed by atoms with Crippen LogP contribution in [0.15, 0.2) is 18.2 Å². The van der Waals surface area contributed by atoms with Crippen LogP contribution in [0.25, 0.3) is 0 Å². The zero-order valence-electron chi connectivity index (χ0n) is 14.5. The Morgan fingerprint density at radius 2 is 1.91 bits per heavy atom. The van der Waals surface area contributed by atoms with Crippen molar-refractivity contribution in [1.29, 1.82) is 0 Å². The maximum Gasteiger partial charge on any atom is 0.255 e. The molecule has 23 heavy (non-hydrogen) atoms. The first-order chi connectivity index (χ1) is 10.6. The molecule has 2 N–H and O–H groups in total. The fourth-order valence-electron chi connectivity index (χ4n) is 2.04. The maximum absolute atomic E-state index is 12.4. The second-order valence-corrected chi connectivity index (χ2v) is 7.22. The lowest BCUT2D eigenvalue weighted by Gasteiger charge is -2.19. The van der Waals surface area contributed by atoms with Crippen molar-refractivity contribution in [3.8, 4) is 0 Å². The Morgan fingerprint density at radius 1 is 1.26 bits per heavy atom. The van der Waals surface area contributed by atoms with Crippen LogP contribution in [0.4, 0.5) is 5.69 Å². The third-order valence-corrected chi connectivity index (χ3v) is 3.54. The average Bonchev–Trinajstić information content (AvgIpc) is 2.44. The first kappa shape index (κ1) is 19.5. The van der Waals surface area contributed by atoms with Crippen LogP contribution in [0, 0.1) is 5.41 Å². The van der Waals surface area contributed by atoms with E-state index in [1.165, 1.54) is 0 Å². The molecule has 1 aromatic rings. The van der Waals surface area contributed by atoms with Gasteiger partial charge in [-0.05, 0) is 30.7 Å². The number of halogens is 1. The molecule has 128 valence electrons. The van der Waals surface area contributed by atoms with Crippen molar-refractivity contribution >= 4 is 29.1 Å². The van der Waals surface area contributed by atoms with Gasteiger partial charge in [0.1, 0.15) is 0 Å². The van der Waals surface area contributed by atoms with Gasteiger partial charge in [0, 0.05) is 32.2 Å². The van der Waals surface area contributed by atoms with E-state index in [4.69, 9.17) is 11.6 Å². The number of hydrogen-bond acceptors (Lipinski definition) is 3. The Balaban J connectivity index is 2.87. The summed E-state index contributed by atoms with van der Waals surface area (Å²) in [5.74, 6) is -0.251. The molecule has 1 aromatic carbocycles. The number of anilines is 1. The number of carbonyl (C=O) groups excluding carboxylic acids is 2. The molecule has 0 aromatic heterocycles. The number of nitrogens with zero attached hydrogens (tertiary/aromatic N) is 1. The van der Waals surface area contributed by atoms with E-state index in [1.54, 1.807) is 30.1 Å². The molecule has 0 aliphatic carbocycles. The summed E-state index contributed by atoms with van der Waals surface area (Å²) in [4.78, 5) is 26.1. The third kappa shape index (κ3) is 6.59. The predicted molar refractivity (Wildman–Crippen MR) is 95.0 cm³/mol. The summed E-state index contributed by atoms with van der Waals surface area (Å²) in [5.41, 5.74) is 0.871. The van der Waals surface area contributed by atoms with Gasteiger partial charge in [0.05, 0.1) is 10.6 Å². The molecule has 0 saturated heterocycles. The van der Waals surface area contributed by atoms with E-state index in [1.807, 2.05) is 27.8 Å². The van der Waals surface area contributed by atoms with Gasteiger partial charge in [-0.3, -0.25) is 9.59 Å². The molecular formula is C17H26ClN3O2. The van der Waals surface area contributed by atoms with Gasteiger partial charge in [-0.1, -0.05) is 32.4 Å². The highest BCUT2D eigenvalue weighted by molar-refractivity contribution is 6.34. The van der Waals surface area contributed by atoms with Crippen LogP contribution in [0.5, 0.6) is 0 Å². The summed E-state index contributed by atoms with van der Waals surface area (Å²) in [6, 6.07) is 4.96. The lowest BCUT2D eigenvalue weighted by molar-refractivity contribution is -0.117. The largest absolute Gasteiger partial charge is 0.340 e. The standard InChI is InChI=1S/C17H26ClN3O2/c1-17(2,3)11-15(22)20-12-6-7-14(18)13(10-12)16(23)21(5)9-8-19-4/h6-7,10,19H,8-9,11H2,1-5H3,(H,20,22). The number of nitrogens with one attached hydrogen (secondary N) is 2. The van der Waals surface area contributed by atoms with Crippen LogP contribution in [0.1, 0.15) is 37.6 Å². The number of rotatable bonds is 6. The minimum atomic E-state index is -0.169. The quantitative estimate of drug-likeness (QED) is 0.837. The van der Waals surface area contributed by atoms with E-state index < -0.39 is 0 Å². The molecule has 0 saturated carbocycles. The van der Waals surface area contributed by atoms with Gasteiger partial charge in [-0.2, -0.15) is 0 Å². The van der Waals surface area contributed by atoms with Crippen molar-refractivity contribution < 1.29 is 9.59 Å². The molecule has 2 amide bonds. The highest BCUT2D eigenvalue weighted by atomic mass is 35.5. The molecule has 0 bridgehead atoms. The molecule has 5 nitrogen and oxygen atoms in total. The van der Waals surface area contributed by atoms with Crippen LogP contribution in [-0.4, -0.2) is 43.9 Å². The summed E-state index contributed by atoms with van der Waals surface area (Å²) < 4.78 is 0. The lowest BCUT2D eigenvalue weighted by Crippen LogP contribution is -2.33. The van der Waals surface area contributed by atoms with Crippen molar-refractivity contribution in [2.75, 3.05) is 32.5 Å². The second kappa shape index (κ2) is 8.31. The summed E-state index contributed by atoms with van der Waals surface area (Å²) in [6.07, 6.45) is 0.404. The van der Waals surface area contributed by atoms with Gasteiger partial charge in [0.2, 0.25) is 5.91 Å². The maximum atomic E-state index is 12.4. The summed E-state index contributed by atoms with van der Waals surface area (Å²) in [5, 5.41) is 6.19. The van der Waals surface area contributed by atoms with E-state index in [0.717, 1.165) is 0 Å². The van der Waals surface area contributed by atoms with Crippen molar-refractivity contribution in [3.05, 3.63) is 28.8 Å². The van der Waals surface area contributed by atoms with Gasteiger partial charge in [-0.25, -0.2) is 0 Å². The average molecular weight is 340 g/mol. The fraction of sp³-hybridized carbons (Fsp3) is 0.529. The molecular weight excluding hydrogens is 314 g/mol. The van der Waals surface area contributed by atoms with Crippen LogP contribution in [0.3, 0.4) is 0 Å². The van der Waals surface area contributed by atoms with Crippen LogP contribution < -0.4 is 10.6 Å². The lowest BCUT2D eigenvalue weighted by atomic mass is 9.92. The van der Waals surface area contributed by atoms with Crippen LogP contribution >= 0.6 is 11.6 Å². The Kier molecular flexibility index (Phi) is 7.03. The molecule has 0 aliphatic heterocycles. The molecule has 0 aliphatic rings. The van der Waals surface area contributed by atoms with Crippen molar-refractivity contribution in [2.24, 2.45) is 5.41 Å². The highest BCUT2D eigenvalue weighted by Crippen LogP contribution is 2.24. The topological polar surface area (TPSA) is 61.4 Å². The van der Waals surface area contributed by atoms with E-state index in [9.17, 15) is 9.59 Å². The summed E-state index contributed by atoms with van der Waals surface area (Å²) >= 11 is 6.14. The van der Waals surface area contributed by atoms with Gasteiger partial charge < -0.3 is 15.5 Å². The monoisotopic (exact) mass is 339 g/mol. The van der Waals surface area contributed by atoms with Crippen molar-refractivity contribution in [1.82, 2.24) is 10.2 Å². The molecule has 0 heterocycles. The Hall–Kier alpha value is -1.59. The van der Waals surface area contributed by atoms with E-state index in [2.05, 4.69) is 10.6 Å². The number of hydrogen-bond donors (Lipinski definition) is 2. The Morgan fingerprint density at radius 3 is 2.48 bits per heavy atom. The number of likely N-dealkylation sites (N-methyl/N-ethyl adjacent to an activating group) is 2. The predicted octanol–water partition coefficient (Wildman–Crippen LogP) is 3.01. The normalized spacial score (nSPS) is 11.2. The summed E-state index contributed by atoms with van der Waals surface area (Å²) in [7, 11) is 3.55. The van der Waals surface area contributed by atoms with Crippen molar-refractivity contribution in [2.45, 2.75) is 27.2 Å².